The number of likely N-dealkylation sites (tertiary alicyclic amines) is 1. The van der Waals surface area contributed by atoms with E-state index in [0.29, 0.717) is 6.54 Å². The van der Waals surface area contributed by atoms with Crippen molar-refractivity contribution in [1.82, 2.24) is 20.1 Å². The van der Waals surface area contributed by atoms with Gasteiger partial charge in [-0.15, -0.1) is 0 Å². The fourth-order valence-corrected chi connectivity index (χ4v) is 4.14. The molecule has 3 amide bonds. The first kappa shape index (κ1) is 21.3. The molecule has 0 aliphatic carbocycles. The molecule has 1 aromatic carbocycles. The Morgan fingerprint density at radius 1 is 1.25 bits per heavy atom. The topological polar surface area (TPSA) is 143 Å². The lowest BCUT2D eigenvalue weighted by Crippen LogP contribution is -2.46. The molecule has 3 aromatic rings. The third-order valence-electron chi connectivity index (χ3n) is 5.73. The van der Waals surface area contributed by atoms with Crippen LogP contribution in [0.3, 0.4) is 0 Å². The monoisotopic (exact) mass is 436 g/mol. The number of aromatic nitrogens is 3. The van der Waals surface area contributed by atoms with Gasteiger partial charge in [0, 0.05) is 18.1 Å². The van der Waals surface area contributed by atoms with Gasteiger partial charge in [0.2, 0.25) is 5.88 Å². The van der Waals surface area contributed by atoms with Gasteiger partial charge in [-0.1, -0.05) is 13.0 Å². The van der Waals surface area contributed by atoms with E-state index in [0.717, 1.165) is 29.3 Å². The van der Waals surface area contributed by atoms with Gasteiger partial charge in [-0.3, -0.25) is 19.5 Å². The minimum atomic E-state index is -0.857. The first-order valence-electron chi connectivity index (χ1n) is 10.3. The predicted octanol–water partition coefficient (Wildman–Crippen LogP) is 2.00. The number of hydrogen-bond acceptors (Lipinski definition) is 6. The van der Waals surface area contributed by atoms with Crippen LogP contribution in [0.1, 0.15) is 41.7 Å². The fraction of sp³-hybridized carbons (Fsp3) is 0.318. The Morgan fingerprint density at radius 3 is 2.81 bits per heavy atom. The molecular weight excluding hydrogens is 412 g/mol. The van der Waals surface area contributed by atoms with Crippen LogP contribution in [-0.2, 0) is 9.59 Å². The summed E-state index contributed by atoms with van der Waals surface area (Å²) in [6.45, 7) is 2.50. The van der Waals surface area contributed by atoms with Gasteiger partial charge < -0.3 is 20.7 Å². The van der Waals surface area contributed by atoms with Crippen LogP contribution in [0.5, 0.6) is 5.88 Å². The van der Waals surface area contributed by atoms with Crippen LogP contribution in [0, 0.1) is 5.92 Å². The first-order valence-corrected chi connectivity index (χ1v) is 10.3. The lowest BCUT2D eigenvalue weighted by molar-refractivity contribution is -0.146. The maximum atomic E-state index is 13.2. The number of primary amides is 1. The number of pyridine rings is 1. The van der Waals surface area contributed by atoms with Crippen LogP contribution in [0.15, 0.2) is 36.7 Å². The van der Waals surface area contributed by atoms with E-state index in [-0.39, 0.29) is 29.1 Å². The number of piperidine rings is 1. The van der Waals surface area contributed by atoms with Crippen molar-refractivity contribution in [2.75, 3.05) is 19.0 Å². The number of methoxy groups -OCH3 is 1. The van der Waals surface area contributed by atoms with Crippen LogP contribution in [-0.4, -0.2) is 51.5 Å². The lowest BCUT2D eigenvalue weighted by Gasteiger charge is -2.38. The molecule has 4 N–H and O–H groups in total. The first-order chi connectivity index (χ1) is 15.4. The average Bonchev–Trinajstić information content (AvgIpc) is 3.26. The second-order valence-electron chi connectivity index (χ2n) is 7.93. The summed E-state index contributed by atoms with van der Waals surface area (Å²) < 4.78 is 5.06. The molecule has 0 spiro atoms. The van der Waals surface area contributed by atoms with Crippen LogP contribution in [0.25, 0.3) is 10.9 Å². The Bertz CT molecular complexity index is 1190. The maximum absolute atomic E-state index is 13.2. The highest BCUT2D eigenvalue weighted by atomic mass is 16.5. The number of H-pyrrole nitrogens is 1. The van der Waals surface area contributed by atoms with Crippen molar-refractivity contribution in [1.29, 1.82) is 0 Å². The summed E-state index contributed by atoms with van der Waals surface area (Å²) in [6, 6.07) is 7.00. The molecule has 10 heteroatoms. The van der Waals surface area contributed by atoms with Crippen molar-refractivity contribution >= 4 is 34.3 Å². The molecule has 4 rings (SSSR count). The minimum absolute atomic E-state index is 0.0272. The van der Waals surface area contributed by atoms with Crippen molar-refractivity contribution in [2.45, 2.75) is 25.8 Å². The van der Waals surface area contributed by atoms with E-state index in [1.807, 2.05) is 25.1 Å². The molecule has 1 fully saturated rings. The van der Waals surface area contributed by atoms with Crippen LogP contribution in [0.2, 0.25) is 0 Å². The highest BCUT2D eigenvalue weighted by molar-refractivity contribution is 6.40. The van der Waals surface area contributed by atoms with E-state index in [1.165, 1.54) is 19.4 Å². The van der Waals surface area contributed by atoms with Gasteiger partial charge in [0.15, 0.2) is 0 Å². The van der Waals surface area contributed by atoms with Crippen molar-refractivity contribution in [3.05, 3.63) is 47.8 Å². The molecule has 10 nitrogen and oxygen atoms in total. The Kier molecular flexibility index (Phi) is 5.76. The number of aromatic amines is 1. The molecule has 0 unspecified atom stereocenters. The van der Waals surface area contributed by atoms with Gasteiger partial charge in [-0.2, -0.15) is 5.10 Å². The van der Waals surface area contributed by atoms with E-state index in [4.69, 9.17) is 10.5 Å². The number of rotatable bonds is 4. The second kappa shape index (κ2) is 8.66. The van der Waals surface area contributed by atoms with Gasteiger partial charge >= 0.3 is 11.8 Å². The summed E-state index contributed by atoms with van der Waals surface area (Å²) in [4.78, 5) is 43.5. The third kappa shape index (κ3) is 3.98. The largest absolute Gasteiger partial charge is 0.480 e. The molecule has 32 heavy (non-hydrogen) atoms. The van der Waals surface area contributed by atoms with E-state index in [9.17, 15) is 14.4 Å². The average molecular weight is 436 g/mol. The number of carbonyl (C=O) groups is 3. The van der Waals surface area contributed by atoms with E-state index < -0.39 is 17.7 Å². The highest BCUT2D eigenvalue weighted by Crippen LogP contribution is 2.34. The third-order valence-corrected chi connectivity index (χ3v) is 5.73. The molecule has 3 heterocycles. The number of hydrogen-bond donors (Lipinski definition) is 3. The van der Waals surface area contributed by atoms with Gasteiger partial charge in [0.1, 0.15) is 5.56 Å². The number of nitrogens with one attached hydrogen (secondary N) is 2. The molecule has 2 aromatic heterocycles. The smallest absolute Gasteiger partial charge is 0.313 e. The summed E-state index contributed by atoms with van der Waals surface area (Å²) in [6.07, 6.45) is 4.76. The van der Waals surface area contributed by atoms with Gasteiger partial charge in [0.25, 0.3) is 5.91 Å². The standard InChI is InChI=1S/C22H24N6O4/c1-12-3-6-17(13-4-5-15-14(9-13)10-25-27-15)28(11-12)22(31)20(30)26-16-7-8-24-21(32-2)18(16)19(23)29/h4-5,7-10,12,17H,3,6,11H2,1-2H3,(H2,23,29)(H,25,27)(H,24,26,30)/t12-,17+/m1/s1. The molecule has 0 bridgehead atoms. The molecule has 0 saturated carbocycles. The van der Waals surface area contributed by atoms with Crippen molar-refractivity contribution in [2.24, 2.45) is 11.7 Å². The predicted molar refractivity (Wildman–Crippen MR) is 117 cm³/mol. The van der Waals surface area contributed by atoms with E-state index >= 15 is 0 Å². The Hall–Kier alpha value is -3.95. The van der Waals surface area contributed by atoms with E-state index in [2.05, 4.69) is 20.5 Å². The quantitative estimate of drug-likeness (QED) is 0.534. The Labute approximate surface area is 184 Å². The summed E-state index contributed by atoms with van der Waals surface area (Å²) in [5.74, 6) is -2.14. The summed E-state index contributed by atoms with van der Waals surface area (Å²) in [7, 11) is 1.34. The molecular formula is C22H24N6O4. The zero-order valence-electron chi connectivity index (χ0n) is 17.8. The normalized spacial score (nSPS) is 18.4. The summed E-state index contributed by atoms with van der Waals surface area (Å²) in [5.41, 5.74) is 7.25. The van der Waals surface area contributed by atoms with Crippen LogP contribution < -0.4 is 15.8 Å². The number of nitrogens with two attached hydrogens (primary N) is 1. The van der Waals surface area contributed by atoms with Crippen molar-refractivity contribution < 1.29 is 19.1 Å². The molecule has 166 valence electrons. The molecule has 1 aliphatic heterocycles. The van der Waals surface area contributed by atoms with Gasteiger partial charge in [0.05, 0.1) is 30.6 Å². The molecule has 1 saturated heterocycles. The summed E-state index contributed by atoms with van der Waals surface area (Å²) >= 11 is 0. The zero-order valence-corrected chi connectivity index (χ0v) is 17.8. The minimum Gasteiger partial charge on any atom is -0.480 e. The number of amides is 3. The Morgan fingerprint density at radius 2 is 2.06 bits per heavy atom. The number of ether oxygens (including phenoxy) is 1. The van der Waals surface area contributed by atoms with Crippen molar-refractivity contribution in [3.63, 3.8) is 0 Å². The number of anilines is 1. The van der Waals surface area contributed by atoms with Crippen LogP contribution >= 0.6 is 0 Å². The molecule has 2 atom stereocenters. The number of nitrogens with zero attached hydrogens (tertiary/aromatic N) is 3. The second-order valence-corrected chi connectivity index (χ2v) is 7.93. The van der Waals surface area contributed by atoms with Gasteiger partial charge in [-0.05, 0) is 42.5 Å². The SMILES string of the molecule is COc1nccc(NC(=O)C(=O)N2C[C@H](C)CC[C@H]2c2ccc3[nH]ncc3c2)c1C(N)=O. The maximum Gasteiger partial charge on any atom is 0.313 e. The van der Waals surface area contributed by atoms with Crippen LogP contribution in [0.4, 0.5) is 5.69 Å². The number of benzene rings is 1. The highest BCUT2D eigenvalue weighted by Gasteiger charge is 2.35. The molecule has 0 radical (unpaired) electrons. The van der Waals surface area contributed by atoms with Crippen molar-refractivity contribution in [3.8, 4) is 5.88 Å². The Balaban J connectivity index is 1.61. The number of carbonyl (C=O) groups excluding carboxylic acids is 3. The zero-order chi connectivity index (χ0) is 22.8. The lowest BCUT2D eigenvalue weighted by atomic mass is 9.89. The fourth-order valence-electron chi connectivity index (χ4n) is 4.14. The van der Waals surface area contributed by atoms with E-state index in [1.54, 1.807) is 11.1 Å². The number of fused-ring (bicyclic) bond motifs is 1. The molecule has 1 aliphatic rings. The summed E-state index contributed by atoms with van der Waals surface area (Å²) in [5, 5.41) is 10.4. The van der Waals surface area contributed by atoms with Gasteiger partial charge in [-0.25, -0.2) is 4.98 Å².